The first-order chi connectivity index (χ1) is 16.1. The molecule has 10 heteroatoms. The molecule has 0 saturated carbocycles. The summed E-state index contributed by atoms with van der Waals surface area (Å²) >= 11 is 11.9. The zero-order valence-corrected chi connectivity index (χ0v) is 19.3. The van der Waals surface area contributed by atoms with Crippen molar-refractivity contribution in [2.24, 2.45) is 5.16 Å². The number of carbonyl (C=O) groups excluding carboxylic acids is 1. The molecule has 1 unspecified atom stereocenters. The second kappa shape index (κ2) is 9.27. The van der Waals surface area contributed by atoms with Gasteiger partial charge in [0.1, 0.15) is 0 Å². The second-order valence-corrected chi connectivity index (χ2v) is 8.64. The first-order valence-electron chi connectivity index (χ1n) is 10.2. The van der Waals surface area contributed by atoms with Gasteiger partial charge in [0.05, 0.1) is 18.0 Å². The van der Waals surface area contributed by atoms with Crippen LogP contribution in [0.15, 0.2) is 65.9 Å². The number of hydrogen-bond acceptors (Lipinski definition) is 4. The van der Waals surface area contributed by atoms with E-state index in [-0.39, 0.29) is 33.8 Å². The van der Waals surface area contributed by atoms with Gasteiger partial charge in [-0.15, -0.1) is 0 Å². The van der Waals surface area contributed by atoms with Gasteiger partial charge in [-0.05, 0) is 48.9 Å². The number of oxime groups is 1. The number of amides is 1. The predicted molar refractivity (Wildman–Crippen MR) is 123 cm³/mol. The van der Waals surface area contributed by atoms with E-state index in [2.05, 4.69) is 15.5 Å². The van der Waals surface area contributed by atoms with E-state index in [1.807, 2.05) is 0 Å². The van der Waals surface area contributed by atoms with Crippen LogP contribution in [0.25, 0.3) is 0 Å². The highest BCUT2D eigenvalue weighted by Gasteiger charge is 2.62. The molecule has 2 aromatic carbocycles. The Morgan fingerprint density at radius 1 is 1.12 bits per heavy atom. The Kier molecular flexibility index (Phi) is 6.55. The van der Waals surface area contributed by atoms with Crippen LogP contribution in [0.5, 0.6) is 0 Å². The maximum absolute atomic E-state index is 14.3. The molecular weight excluding hydrogens is 490 g/mol. The lowest BCUT2D eigenvalue weighted by atomic mass is 9.85. The summed E-state index contributed by atoms with van der Waals surface area (Å²) in [4.78, 5) is 22.0. The van der Waals surface area contributed by atoms with E-state index < -0.39 is 18.2 Å². The third-order valence-corrected chi connectivity index (χ3v) is 6.00. The first kappa shape index (κ1) is 24.0. The number of benzene rings is 2. The zero-order valence-electron chi connectivity index (χ0n) is 17.8. The molecular formula is C24H18Cl2F3N3O2. The summed E-state index contributed by atoms with van der Waals surface area (Å²) in [6.07, 6.45) is -3.80. The third kappa shape index (κ3) is 4.60. The lowest BCUT2D eigenvalue weighted by Gasteiger charge is -2.29. The number of hydrogen-bond donors (Lipinski definition) is 1. The molecule has 4 rings (SSSR count). The lowest BCUT2D eigenvalue weighted by Crippen LogP contribution is -2.42. The van der Waals surface area contributed by atoms with Gasteiger partial charge < -0.3 is 10.2 Å². The summed E-state index contributed by atoms with van der Waals surface area (Å²) in [6.45, 7) is 1.86. The van der Waals surface area contributed by atoms with E-state index in [0.29, 0.717) is 22.4 Å². The highest BCUT2D eigenvalue weighted by atomic mass is 35.5. The van der Waals surface area contributed by atoms with Crippen molar-refractivity contribution in [3.63, 3.8) is 0 Å². The van der Waals surface area contributed by atoms with Crippen LogP contribution in [0.1, 0.15) is 39.2 Å². The van der Waals surface area contributed by atoms with Gasteiger partial charge in [-0.1, -0.05) is 46.6 Å². The SMILES string of the molecule is Cc1c(C(=O)NCc2ccccn2)cccc1C1=NOC(c2cc(Cl)cc(Cl)c2)(C(F)(F)F)C1. The number of nitrogens with one attached hydrogen (secondary N) is 1. The van der Waals surface area contributed by atoms with Crippen LogP contribution in [0.2, 0.25) is 10.0 Å². The maximum atomic E-state index is 14.3. The number of pyridine rings is 1. The molecule has 0 saturated heterocycles. The molecule has 3 aromatic rings. The Morgan fingerprint density at radius 3 is 2.50 bits per heavy atom. The monoisotopic (exact) mass is 507 g/mol. The molecule has 2 heterocycles. The Morgan fingerprint density at radius 2 is 1.85 bits per heavy atom. The van der Waals surface area contributed by atoms with Crippen molar-refractivity contribution in [3.8, 4) is 0 Å². The minimum absolute atomic E-state index is 0.0472. The highest BCUT2D eigenvalue weighted by molar-refractivity contribution is 6.34. The minimum Gasteiger partial charge on any atom is -0.374 e. The Bertz CT molecular complexity index is 1250. The van der Waals surface area contributed by atoms with E-state index in [1.54, 1.807) is 49.5 Å². The number of carbonyl (C=O) groups is 1. The van der Waals surface area contributed by atoms with Crippen LogP contribution in [-0.4, -0.2) is 22.8 Å². The predicted octanol–water partition coefficient (Wildman–Crippen LogP) is 6.21. The summed E-state index contributed by atoms with van der Waals surface area (Å²) in [5.41, 5.74) is -1.10. The van der Waals surface area contributed by atoms with Crippen molar-refractivity contribution >= 4 is 34.8 Å². The first-order valence-corrected chi connectivity index (χ1v) is 10.9. The van der Waals surface area contributed by atoms with E-state index in [0.717, 1.165) is 12.1 Å². The fourth-order valence-corrected chi connectivity index (χ4v) is 4.32. The highest BCUT2D eigenvalue weighted by Crippen LogP contribution is 2.49. The maximum Gasteiger partial charge on any atom is 0.435 e. The van der Waals surface area contributed by atoms with Gasteiger partial charge in [-0.25, -0.2) is 0 Å². The Hall–Kier alpha value is -3.10. The van der Waals surface area contributed by atoms with Crippen molar-refractivity contribution in [1.29, 1.82) is 0 Å². The molecule has 1 amide bonds. The molecule has 0 bridgehead atoms. The molecule has 34 heavy (non-hydrogen) atoms. The van der Waals surface area contributed by atoms with Crippen molar-refractivity contribution in [3.05, 3.63) is 98.8 Å². The molecule has 1 N–H and O–H groups in total. The van der Waals surface area contributed by atoms with Crippen LogP contribution in [0, 0.1) is 6.92 Å². The summed E-state index contributed by atoms with van der Waals surface area (Å²) in [5.74, 6) is -0.381. The average molecular weight is 508 g/mol. The molecule has 0 radical (unpaired) electrons. The number of alkyl halides is 3. The largest absolute Gasteiger partial charge is 0.435 e. The number of nitrogens with zero attached hydrogens (tertiary/aromatic N) is 2. The standard InChI is InChI=1S/C24H18Cl2F3N3O2/c1-14-19(6-4-7-20(14)22(33)31-13-18-5-2-3-8-30-18)21-12-23(34-32-21,24(27,28)29)15-9-16(25)11-17(26)10-15/h2-11H,12-13H2,1H3,(H,31,33). The van der Waals surface area contributed by atoms with Crippen molar-refractivity contribution in [2.45, 2.75) is 31.7 Å². The van der Waals surface area contributed by atoms with Gasteiger partial charge in [0.25, 0.3) is 11.5 Å². The van der Waals surface area contributed by atoms with Gasteiger partial charge in [0.15, 0.2) is 0 Å². The number of halogens is 5. The number of aromatic nitrogens is 1. The molecule has 1 aromatic heterocycles. The van der Waals surface area contributed by atoms with Gasteiger partial charge in [0.2, 0.25) is 0 Å². The summed E-state index contributed by atoms with van der Waals surface area (Å²) in [6, 6.07) is 13.8. The average Bonchev–Trinajstić information content (AvgIpc) is 3.24. The Labute approximate surface area is 203 Å². The molecule has 176 valence electrons. The minimum atomic E-state index is -4.81. The second-order valence-electron chi connectivity index (χ2n) is 7.77. The molecule has 1 aliphatic heterocycles. The molecule has 0 spiro atoms. The molecule has 1 aliphatic rings. The summed E-state index contributed by atoms with van der Waals surface area (Å²) in [7, 11) is 0. The lowest BCUT2D eigenvalue weighted by molar-refractivity contribution is -0.275. The van der Waals surface area contributed by atoms with Gasteiger partial charge >= 0.3 is 6.18 Å². The van der Waals surface area contributed by atoms with E-state index in [4.69, 9.17) is 28.0 Å². The number of rotatable bonds is 5. The van der Waals surface area contributed by atoms with Crippen LogP contribution in [0.4, 0.5) is 13.2 Å². The fourth-order valence-electron chi connectivity index (χ4n) is 3.80. The molecule has 1 atom stereocenters. The van der Waals surface area contributed by atoms with Crippen molar-refractivity contribution in [1.82, 2.24) is 10.3 Å². The third-order valence-electron chi connectivity index (χ3n) is 5.56. The molecule has 0 aliphatic carbocycles. The normalized spacial score (nSPS) is 17.8. The topological polar surface area (TPSA) is 63.6 Å². The van der Waals surface area contributed by atoms with Crippen LogP contribution in [-0.2, 0) is 17.0 Å². The van der Waals surface area contributed by atoms with Crippen molar-refractivity contribution in [2.75, 3.05) is 0 Å². The van der Waals surface area contributed by atoms with Gasteiger partial charge in [-0.2, -0.15) is 13.2 Å². The summed E-state index contributed by atoms with van der Waals surface area (Å²) in [5, 5.41) is 6.65. The Balaban J connectivity index is 1.62. The van der Waals surface area contributed by atoms with Crippen LogP contribution >= 0.6 is 23.2 Å². The molecule has 5 nitrogen and oxygen atoms in total. The van der Waals surface area contributed by atoms with Crippen LogP contribution in [0.3, 0.4) is 0 Å². The van der Waals surface area contributed by atoms with E-state index in [1.165, 1.54) is 6.07 Å². The van der Waals surface area contributed by atoms with E-state index >= 15 is 0 Å². The van der Waals surface area contributed by atoms with Gasteiger partial charge in [-0.3, -0.25) is 9.78 Å². The summed E-state index contributed by atoms with van der Waals surface area (Å²) < 4.78 is 42.8. The molecule has 0 fully saturated rings. The van der Waals surface area contributed by atoms with Crippen molar-refractivity contribution < 1.29 is 22.8 Å². The van der Waals surface area contributed by atoms with Gasteiger partial charge in [0, 0.05) is 39.4 Å². The van der Waals surface area contributed by atoms with E-state index in [9.17, 15) is 18.0 Å². The fraction of sp³-hybridized carbons (Fsp3) is 0.208. The zero-order chi connectivity index (χ0) is 24.5. The van der Waals surface area contributed by atoms with Crippen LogP contribution < -0.4 is 5.32 Å². The quantitative estimate of drug-likeness (QED) is 0.446. The smallest absolute Gasteiger partial charge is 0.374 e.